The molecule has 3 rings (SSSR count). The highest BCUT2D eigenvalue weighted by Crippen LogP contribution is 2.33. The monoisotopic (exact) mass is 408 g/mol. The van der Waals surface area contributed by atoms with Crippen LogP contribution in [0.3, 0.4) is 0 Å². The minimum absolute atomic E-state index is 0.00651. The fraction of sp³-hybridized carbons (Fsp3) is 0.0476. The lowest BCUT2D eigenvalue weighted by Gasteiger charge is -2.11. The van der Waals surface area contributed by atoms with E-state index in [2.05, 4.69) is 5.32 Å². The summed E-state index contributed by atoms with van der Waals surface area (Å²) >= 11 is 1.50. The number of non-ortho nitro benzene ring substituents is 1. The molecule has 29 heavy (non-hydrogen) atoms. The third kappa shape index (κ3) is 5.66. The summed E-state index contributed by atoms with van der Waals surface area (Å²) < 4.78 is 4.97. The molecule has 0 fully saturated rings. The van der Waals surface area contributed by atoms with Crippen molar-refractivity contribution in [3.63, 3.8) is 0 Å². The summed E-state index contributed by atoms with van der Waals surface area (Å²) in [6.45, 7) is -0.508. The number of hydrogen-bond donors (Lipinski definition) is 1. The molecule has 0 bridgehead atoms. The topological polar surface area (TPSA) is 98.5 Å². The quantitative estimate of drug-likeness (QED) is 0.350. The number of rotatable bonds is 7. The van der Waals surface area contributed by atoms with Crippen molar-refractivity contribution in [2.75, 3.05) is 11.9 Å². The molecule has 0 atom stereocenters. The normalized spacial score (nSPS) is 10.2. The second kappa shape index (κ2) is 9.52. The van der Waals surface area contributed by atoms with Gasteiger partial charge in [0.1, 0.15) is 0 Å². The maximum atomic E-state index is 12.2. The van der Waals surface area contributed by atoms with Gasteiger partial charge >= 0.3 is 5.97 Å². The highest BCUT2D eigenvalue weighted by molar-refractivity contribution is 7.99. The van der Waals surface area contributed by atoms with Gasteiger partial charge in [-0.25, -0.2) is 4.79 Å². The van der Waals surface area contributed by atoms with Gasteiger partial charge < -0.3 is 10.1 Å². The highest BCUT2D eigenvalue weighted by Gasteiger charge is 2.15. The van der Waals surface area contributed by atoms with Crippen molar-refractivity contribution in [1.29, 1.82) is 0 Å². The van der Waals surface area contributed by atoms with Crippen LogP contribution in [0.4, 0.5) is 11.4 Å². The third-order valence-corrected chi connectivity index (χ3v) is 4.84. The first-order valence-corrected chi connectivity index (χ1v) is 9.38. The molecule has 1 amide bonds. The molecule has 0 spiro atoms. The third-order valence-electron chi connectivity index (χ3n) is 3.76. The van der Waals surface area contributed by atoms with E-state index < -0.39 is 23.4 Å². The van der Waals surface area contributed by atoms with Crippen LogP contribution in [0, 0.1) is 10.1 Å². The number of anilines is 1. The molecule has 146 valence electrons. The molecule has 0 aromatic heterocycles. The van der Waals surface area contributed by atoms with E-state index in [0.717, 1.165) is 15.9 Å². The summed E-state index contributed by atoms with van der Waals surface area (Å²) in [5.74, 6) is -1.32. The maximum absolute atomic E-state index is 12.2. The Hall–Kier alpha value is -3.65. The van der Waals surface area contributed by atoms with Crippen molar-refractivity contribution in [2.45, 2.75) is 9.79 Å². The van der Waals surface area contributed by atoms with Gasteiger partial charge in [-0.1, -0.05) is 48.2 Å². The van der Waals surface area contributed by atoms with Crippen LogP contribution in [0.5, 0.6) is 0 Å². The number of para-hydroxylation sites is 1. The number of nitrogens with one attached hydrogen (secondary N) is 1. The van der Waals surface area contributed by atoms with Crippen LogP contribution in [-0.2, 0) is 9.53 Å². The molecule has 7 nitrogen and oxygen atoms in total. The van der Waals surface area contributed by atoms with Gasteiger partial charge in [0.2, 0.25) is 0 Å². The number of carbonyl (C=O) groups excluding carboxylic acids is 2. The molecule has 0 saturated heterocycles. The number of amides is 1. The molecule has 0 aliphatic rings. The summed E-state index contributed by atoms with van der Waals surface area (Å²) in [6, 6.07) is 22.1. The number of hydrogen-bond acceptors (Lipinski definition) is 6. The molecule has 0 unspecified atom stereocenters. The number of esters is 1. The Morgan fingerprint density at radius 3 is 2.45 bits per heavy atom. The van der Waals surface area contributed by atoms with Crippen LogP contribution in [0.2, 0.25) is 0 Å². The predicted octanol–water partition coefficient (Wildman–Crippen LogP) is 4.54. The number of nitrogens with zero attached hydrogens (tertiary/aromatic N) is 1. The van der Waals surface area contributed by atoms with E-state index in [9.17, 15) is 19.7 Å². The molecular weight excluding hydrogens is 392 g/mol. The van der Waals surface area contributed by atoms with Gasteiger partial charge in [-0.05, 0) is 30.3 Å². The van der Waals surface area contributed by atoms with Crippen molar-refractivity contribution >= 4 is 35.0 Å². The van der Waals surface area contributed by atoms with E-state index in [1.54, 1.807) is 12.1 Å². The average Bonchev–Trinajstić information content (AvgIpc) is 2.74. The first-order valence-electron chi connectivity index (χ1n) is 8.56. The van der Waals surface area contributed by atoms with E-state index in [4.69, 9.17) is 4.74 Å². The van der Waals surface area contributed by atoms with Crippen LogP contribution >= 0.6 is 11.8 Å². The lowest BCUT2D eigenvalue weighted by molar-refractivity contribution is -0.384. The average molecular weight is 408 g/mol. The lowest BCUT2D eigenvalue weighted by atomic mass is 10.2. The van der Waals surface area contributed by atoms with Crippen LogP contribution in [0.25, 0.3) is 0 Å². The molecule has 0 heterocycles. The van der Waals surface area contributed by atoms with Gasteiger partial charge in [0.15, 0.2) is 6.61 Å². The Morgan fingerprint density at radius 2 is 1.69 bits per heavy atom. The first-order chi connectivity index (χ1) is 14.0. The van der Waals surface area contributed by atoms with Crippen molar-refractivity contribution < 1.29 is 19.2 Å². The smallest absolute Gasteiger partial charge is 0.338 e. The Balaban J connectivity index is 1.61. The fourth-order valence-corrected chi connectivity index (χ4v) is 3.34. The van der Waals surface area contributed by atoms with Crippen LogP contribution in [0.1, 0.15) is 10.4 Å². The molecule has 3 aromatic rings. The zero-order chi connectivity index (χ0) is 20.6. The van der Waals surface area contributed by atoms with Crippen molar-refractivity contribution in [2.24, 2.45) is 0 Å². The van der Waals surface area contributed by atoms with Crippen molar-refractivity contribution in [1.82, 2.24) is 0 Å². The Morgan fingerprint density at radius 1 is 0.966 bits per heavy atom. The largest absolute Gasteiger partial charge is 0.452 e. The standard InChI is InChI=1S/C21H16N2O5S/c24-20(14-28-21(25)15-7-6-8-16(13-15)23(26)27)22-18-11-4-5-12-19(18)29-17-9-2-1-3-10-17/h1-13H,14H2,(H,22,24). The Labute approximate surface area is 170 Å². The highest BCUT2D eigenvalue weighted by atomic mass is 32.2. The van der Waals surface area contributed by atoms with E-state index >= 15 is 0 Å². The summed E-state index contributed by atoms with van der Waals surface area (Å²) in [7, 11) is 0. The summed E-state index contributed by atoms with van der Waals surface area (Å²) in [5.41, 5.74) is 0.376. The molecule has 0 aliphatic heterocycles. The van der Waals surface area contributed by atoms with Gasteiger partial charge in [-0.2, -0.15) is 0 Å². The zero-order valence-corrected chi connectivity index (χ0v) is 15.9. The molecule has 0 radical (unpaired) electrons. The molecular formula is C21H16N2O5S. The van der Waals surface area contributed by atoms with Gasteiger partial charge in [0, 0.05) is 21.9 Å². The fourth-order valence-electron chi connectivity index (χ4n) is 2.42. The van der Waals surface area contributed by atoms with Crippen molar-refractivity contribution in [3.05, 3.63) is 94.5 Å². The maximum Gasteiger partial charge on any atom is 0.338 e. The Bertz CT molecular complexity index is 1040. The van der Waals surface area contributed by atoms with E-state index in [0.29, 0.717) is 5.69 Å². The zero-order valence-electron chi connectivity index (χ0n) is 15.1. The molecule has 0 saturated carbocycles. The predicted molar refractivity (Wildman–Crippen MR) is 109 cm³/mol. The number of carbonyl (C=O) groups is 2. The van der Waals surface area contributed by atoms with Crippen LogP contribution in [-0.4, -0.2) is 23.4 Å². The van der Waals surface area contributed by atoms with Gasteiger partial charge in [0.05, 0.1) is 16.2 Å². The van der Waals surface area contributed by atoms with Gasteiger partial charge in [0.25, 0.3) is 11.6 Å². The minimum atomic E-state index is -0.809. The van der Waals surface area contributed by atoms with Crippen molar-refractivity contribution in [3.8, 4) is 0 Å². The molecule has 1 N–H and O–H groups in total. The summed E-state index contributed by atoms with van der Waals surface area (Å²) in [6.07, 6.45) is 0. The molecule has 8 heteroatoms. The number of nitro benzene ring substituents is 1. The van der Waals surface area contributed by atoms with Crippen LogP contribution < -0.4 is 5.32 Å². The first kappa shape index (κ1) is 20.1. The number of ether oxygens (including phenoxy) is 1. The second-order valence-corrected chi connectivity index (χ2v) is 6.96. The number of benzene rings is 3. The van der Waals surface area contributed by atoms with Gasteiger partial charge in [-0.15, -0.1) is 0 Å². The Kier molecular flexibility index (Phi) is 6.59. The van der Waals surface area contributed by atoms with Crippen LogP contribution in [0.15, 0.2) is 88.7 Å². The lowest BCUT2D eigenvalue weighted by Crippen LogP contribution is -2.21. The van der Waals surface area contributed by atoms with E-state index in [1.807, 2.05) is 42.5 Å². The number of nitro groups is 1. The molecule has 0 aliphatic carbocycles. The van der Waals surface area contributed by atoms with Gasteiger partial charge in [-0.3, -0.25) is 14.9 Å². The second-order valence-electron chi connectivity index (χ2n) is 5.84. The van der Waals surface area contributed by atoms with E-state index in [1.165, 1.54) is 30.0 Å². The summed E-state index contributed by atoms with van der Waals surface area (Å²) in [5, 5.41) is 13.5. The molecule has 3 aromatic carbocycles. The SMILES string of the molecule is O=C(COC(=O)c1cccc([N+](=O)[O-])c1)Nc1ccccc1Sc1ccccc1. The van der Waals surface area contributed by atoms with E-state index in [-0.39, 0.29) is 11.3 Å². The minimum Gasteiger partial charge on any atom is -0.452 e. The summed E-state index contributed by atoms with van der Waals surface area (Å²) in [4.78, 5) is 36.3.